The Hall–Kier alpha value is 1.41. The molecule has 0 aliphatic carbocycles. The van der Waals surface area contributed by atoms with Gasteiger partial charge in [-0.15, -0.1) is 0 Å². The van der Waals surface area contributed by atoms with Crippen molar-refractivity contribution in [3.8, 4) is 0 Å². The average Bonchev–Trinajstić information content (AvgIpc) is 0. The first-order valence-electron chi connectivity index (χ1n) is 0. The second-order valence-electron chi connectivity index (χ2n) is 0. The van der Waals surface area contributed by atoms with Crippen LogP contribution in [0.5, 0.6) is 0 Å². The number of hydrogen-bond acceptors (Lipinski definition) is 6. The van der Waals surface area contributed by atoms with E-state index in [4.69, 9.17) is 0 Å². The monoisotopic (exact) mass is 280 g/mol. The van der Waals surface area contributed by atoms with E-state index in [0.717, 1.165) is 0 Å². The van der Waals surface area contributed by atoms with Crippen LogP contribution in [-0.4, -0.2) is 32.9 Å². The van der Waals surface area contributed by atoms with E-state index in [1.807, 2.05) is 0 Å². The van der Waals surface area contributed by atoms with Gasteiger partial charge in [-0.05, 0) is 0 Å². The van der Waals surface area contributed by atoms with Crippen molar-refractivity contribution < 1.29 is 86.2 Å². The minimum absolute atomic E-state index is 0. The van der Waals surface area contributed by atoms with E-state index >= 15 is 0 Å². The molecule has 60 valence electrons. The molecule has 0 aliphatic rings. The van der Waals surface area contributed by atoms with Gasteiger partial charge in [0.05, 0.1) is 0 Å². The Morgan fingerprint density at radius 3 is 0.444 bits per heavy atom. The van der Waals surface area contributed by atoms with Crippen LogP contribution in [0.4, 0.5) is 0 Å². The summed E-state index contributed by atoms with van der Waals surface area (Å²) < 4.78 is 0. The third kappa shape index (κ3) is 260. The zero-order valence-electron chi connectivity index (χ0n) is 4.10. The van der Waals surface area contributed by atoms with Crippen LogP contribution in [0.25, 0.3) is 0 Å². The summed E-state index contributed by atoms with van der Waals surface area (Å²) in [5.41, 5.74) is 0. The molecule has 2 radical (unpaired) electrons. The maximum atomic E-state index is 0. The summed E-state index contributed by atoms with van der Waals surface area (Å²) in [6.45, 7) is 0. The van der Waals surface area contributed by atoms with Crippen LogP contribution in [-0.2, 0) is 53.3 Å². The van der Waals surface area contributed by atoms with Gasteiger partial charge in [0.2, 0.25) is 0 Å². The minimum atomic E-state index is 0. The zero-order chi connectivity index (χ0) is 0. The fourth-order valence-corrected chi connectivity index (χ4v) is 0. The molecule has 0 bridgehead atoms. The van der Waals surface area contributed by atoms with Crippen LogP contribution in [0.2, 0.25) is 0 Å². The van der Waals surface area contributed by atoms with E-state index < -0.39 is 0 Å². The third-order valence-electron chi connectivity index (χ3n) is 0. The van der Waals surface area contributed by atoms with Gasteiger partial charge in [-0.2, -0.15) is 0 Å². The van der Waals surface area contributed by atoms with Gasteiger partial charge < -0.3 is 32.9 Å². The van der Waals surface area contributed by atoms with E-state index in [0.29, 0.717) is 0 Å². The number of hydrogen-bond donors (Lipinski definition) is 0. The molecule has 6 nitrogen and oxygen atoms in total. The summed E-state index contributed by atoms with van der Waals surface area (Å²) in [5, 5.41) is 0. The Kier molecular flexibility index (Phi) is 17300. The van der Waals surface area contributed by atoms with Crippen molar-refractivity contribution in [1.29, 1.82) is 0 Å². The van der Waals surface area contributed by atoms with Crippen molar-refractivity contribution in [1.82, 2.24) is 0 Å². The largest absolute Gasteiger partial charge is 2.00 e. The van der Waals surface area contributed by atoms with Gasteiger partial charge in [-0.3, -0.25) is 0 Å². The smallest absolute Gasteiger partial charge is 0.870 e. The molecule has 0 aromatic rings. The van der Waals surface area contributed by atoms with Crippen molar-refractivity contribution in [2.75, 3.05) is 0 Å². The van der Waals surface area contributed by atoms with Crippen LogP contribution in [0.15, 0.2) is 0 Å². The van der Waals surface area contributed by atoms with Gasteiger partial charge >= 0.3 is 53.3 Å². The van der Waals surface area contributed by atoms with Crippen molar-refractivity contribution in [2.24, 2.45) is 0 Å². The molecule has 6 N–H and O–H groups in total. The van der Waals surface area contributed by atoms with Crippen LogP contribution < -0.4 is 0 Å². The predicted molar refractivity (Wildman–Crippen MR) is 11.6 cm³/mol. The molecule has 0 unspecified atom stereocenters. The first-order chi connectivity index (χ1) is 0. The maximum absolute atomic E-state index is 0. The van der Waals surface area contributed by atoms with Gasteiger partial charge in [0.1, 0.15) is 0 Å². The molecule has 0 amide bonds. The Labute approximate surface area is 86.1 Å². The maximum Gasteiger partial charge on any atom is 2.00 e. The van der Waals surface area contributed by atoms with Gasteiger partial charge in [-0.25, -0.2) is 0 Å². The summed E-state index contributed by atoms with van der Waals surface area (Å²) in [4.78, 5) is 0. The summed E-state index contributed by atoms with van der Waals surface area (Å²) in [7, 11) is 0. The summed E-state index contributed by atoms with van der Waals surface area (Å²) in [5.74, 6) is 0. The van der Waals surface area contributed by atoms with Crippen molar-refractivity contribution in [3.05, 3.63) is 0 Å². The predicted octanol–water partition coefficient (Wildman–Crippen LogP) is -1.07. The molecule has 9 heteroatoms. The fourth-order valence-electron chi connectivity index (χ4n) is 0. The van der Waals surface area contributed by atoms with Crippen LogP contribution in [0.1, 0.15) is 0 Å². The second-order valence-corrected chi connectivity index (χ2v) is 0. The van der Waals surface area contributed by atoms with E-state index in [-0.39, 0.29) is 86.2 Å². The molecule has 0 aromatic carbocycles. The normalized spacial score (nSPS) is 0. The number of rotatable bonds is 0. The SMILES string of the molecule is [Co+2].[Mn+2].[OH-].[OH-].[OH-].[OH-].[OH-].[OH-].[Zn+2]. The molecular weight excluding hydrogens is 275 g/mol. The first-order valence-corrected chi connectivity index (χ1v) is 0. The summed E-state index contributed by atoms with van der Waals surface area (Å²) in [6.07, 6.45) is 0. The molecular formula is H6CoMnO6Zn. The third-order valence-corrected chi connectivity index (χ3v) is 0. The topological polar surface area (TPSA) is 180 Å². The summed E-state index contributed by atoms with van der Waals surface area (Å²) in [6, 6.07) is 0. The molecule has 0 atom stereocenters. The van der Waals surface area contributed by atoms with Crippen molar-refractivity contribution in [3.63, 3.8) is 0 Å². The van der Waals surface area contributed by atoms with Crippen LogP contribution in [0.3, 0.4) is 0 Å². The molecule has 0 heterocycles. The van der Waals surface area contributed by atoms with E-state index in [2.05, 4.69) is 0 Å². The fraction of sp³-hybridized carbons (Fsp3) is 0. The molecule has 0 rings (SSSR count). The Balaban J connectivity index is 0. The Morgan fingerprint density at radius 2 is 0.444 bits per heavy atom. The van der Waals surface area contributed by atoms with Gasteiger partial charge in [0, 0.05) is 0 Å². The molecule has 0 saturated carbocycles. The standard InChI is InChI=1S/Co.Mn.6H2O.Zn/h;;6*1H2;/q2*+2;;;;;;;+2/p-6. The van der Waals surface area contributed by atoms with Crippen molar-refractivity contribution in [2.45, 2.75) is 0 Å². The van der Waals surface area contributed by atoms with Crippen LogP contribution >= 0.6 is 0 Å². The Morgan fingerprint density at radius 1 is 0.444 bits per heavy atom. The minimum Gasteiger partial charge on any atom is -0.870 e. The molecule has 9 heavy (non-hydrogen) atoms. The zero-order valence-corrected chi connectivity index (χ0v) is 9.29. The van der Waals surface area contributed by atoms with Gasteiger partial charge in [0.15, 0.2) is 0 Å². The van der Waals surface area contributed by atoms with E-state index in [1.165, 1.54) is 0 Å². The molecule has 0 fully saturated rings. The Bertz CT molecular complexity index is 13.0. The van der Waals surface area contributed by atoms with Crippen LogP contribution in [0, 0.1) is 0 Å². The first kappa shape index (κ1) is 464. The average molecular weight is 281 g/mol. The van der Waals surface area contributed by atoms with Crippen molar-refractivity contribution >= 4 is 0 Å². The molecule has 0 spiro atoms. The second kappa shape index (κ2) is 335. The van der Waals surface area contributed by atoms with Gasteiger partial charge in [-0.1, -0.05) is 0 Å². The summed E-state index contributed by atoms with van der Waals surface area (Å²) >= 11 is 0. The van der Waals surface area contributed by atoms with E-state index in [9.17, 15) is 0 Å². The molecule has 0 saturated heterocycles. The van der Waals surface area contributed by atoms with Gasteiger partial charge in [0.25, 0.3) is 0 Å². The quantitative estimate of drug-likeness (QED) is 0.509. The molecule has 0 aliphatic heterocycles. The molecule has 0 aromatic heterocycles. The van der Waals surface area contributed by atoms with E-state index in [1.54, 1.807) is 0 Å².